The Labute approximate surface area is 124 Å². The summed E-state index contributed by atoms with van der Waals surface area (Å²) in [5.74, 6) is 0. The Morgan fingerprint density at radius 1 is 0.952 bits per heavy atom. The maximum absolute atomic E-state index is 10.2. The van der Waals surface area contributed by atoms with E-state index in [1.165, 1.54) is 11.1 Å². The van der Waals surface area contributed by atoms with Gasteiger partial charge in [-0.15, -0.1) is 0 Å². The van der Waals surface area contributed by atoms with Crippen molar-refractivity contribution in [2.45, 2.75) is 19.1 Å². The minimum Gasteiger partial charge on any atom is -0.388 e. The molecule has 21 heavy (non-hydrogen) atoms. The molecule has 0 aliphatic rings. The zero-order valence-electron chi connectivity index (χ0n) is 11.8. The summed E-state index contributed by atoms with van der Waals surface area (Å²) < 4.78 is 1.97. The highest BCUT2D eigenvalue weighted by Crippen LogP contribution is 2.23. The number of aliphatic hydroxyl groups is 1. The van der Waals surface area contributed by atoms with Crippen LogP contribution < -0.4 is 0 Å². The van der Waals surface area contributed by atoms with Crippen LogP contribution in [-0.4, -0.2) is 14.7 Å². The number of aromatic nitrogens is 2. The molecule has 0 aliphatic carbocycles. The number of aliphatic hydroxyl groups excluding tert-OH is 1. The van der Waals surface area contributed by atoms with Crippen molar-refractivity contribution in [1.29, 1.82) is 0 Å². The van der Waals surface area contributed by atoms with E-state index in [2.05, 4.69) is 29.2 Å². The second-order valence-corrected chi connectivity index (χ2v) is 5.09. The molecule has 0 saturated heterocycles. The van der Waals surface area contributed by atoms with E-state index in [0.29, 0.717) is 6.42 Å². The maximum atomic E-state index is 10.2. The van der Waals surface area contributed by atoms with Crippen molar-refractivity contribution >= 4 is 0 Å². The molecule has 3 rings (SSSR count). The smallest absolute Gasteiger partial charge is 0.0945 e. The normalized spacial score (nSPS) is 12.2. The third kappa shape index (κ3) is 3.38. The highest BCUT2D eigenvalue weighted by atomic mass is 16.3. The standard InChI is InChI=1S/C18H18N2O/c21-18(10-12-20-13-11-19-14-20)17-8-6-16(7-9-17)15-4-2-1-3-5-15/h1-9,11,13-14,18,21H,10,12H2/t18-/m1/s1. The molecule has 3 heteroatoms. The first-order valence-electron chi connectivity index (χ1n) is 7.12. The van der Waals surface area contributed by atoms with Crippen molar-refractivity contribution in [3.8, 4) is 11.1 Å². The Morgan fingerprint density at radius 3 is 2.33 bits per heavy atom. The summed E-state index contributed by atoms with van der Waals surface area (Å²) in [6.07, 6.45) is 5.66. The van der Waals surface area contributed by atoms with Crippen LogP contribution in [0.4, 0.5) is 0 Å². The molecule has 1 N–H and O–H groups in total. The molecule has 1 heterocycles. The molecule has 2 aromatic carbocycles. The molecule has 1 aromatic heterocycles. The molecule has 0 fully saturated rings. The largest absolute Gasteiger partial charge is 0.388 e. The lowest BCUT2D eigenvalue weighted by Gasteiger charge is -2.12. The first-order chi connectivity index (χ1) is 10.3. The SMILES string of the molecule is O[C@H](CCn1ccnc1)c1ccc(-c2ccccc2)cc1. The lowest BCUT2D eigenvalue weighted by molar-refractivity contribution is 0.161. The summed E-state index contributed by atoms with van der Waals surface area (Å²) >= 11 is 0. The summed E-state index contributed by atoms with van der Waals surface area (Å²) in [6, 6.07) is 18.4. The maximum Gasteiger partial charge on any atom is 0.0945 e. The quantitative estimate of drug-likeness (QED) is 0.773. The minimum atomic E-state index is -0.447. The molecule has 1 atom stereocenters. The Hall–Kier alpha value is -2.39. The molecule has 0 unspecified atom stereocenters. The van der Waals surface area contributed by atoms with Crippen molar-refractivity contribution in [3.05, 3.63) is 78.9 Å². The molecular weight excluding hydrogens is 260 g/mol. The zero-order chi connectivity index (χ0) is 14.5. The number of benzene rings is 2. The van der Waals surface area contributed by atoms with Crippen LogP contribution in [0.3, 0.4) is 0 Å². The van der Waals surface area contributed by atoms with Gasteiger partial charge in [0.25, 0.3) is 0 Å². The fraction of sp³-hybridized carbons (Fsp3) is 0.167. The van der Waals surface area contributed by atoms with E-state index in [0.717, 1.165) is 12.1 Å². The van der Waals surface area contributed by atoms with Gasteiger partial charge in [-0.05, 0) is 23.1 Å². The Morgan fingerprint density at radius 2 is 1.67 bits per heavy atom. The van der Waals surface area contributed by atoms with E-state index in [9.17, 15) is 5.11 Å². The summed E-state index contributed by atoms with van der Waals surface area (Å²) in [6.45, 7) is 0.765. The average Bonchev–Trinajstić information content (AvgIpc) is 3.07. The summed E-state index contributed by atoms with van der Waals surface area (Å²) in [4.78, 5) is 4.00. The van der Waals surface area contributed by atoms with Gasteiger partial charge >= 0.3 is 0 Å². The van der Waals surface area contributed by atoms with E-state index in [-0.39, 0.29) is 0 Å². The van der Waals surface area contributed by atoms with Crippen LogP contribution in [0.5, 0.6) is 0 Å². The summed E-state index contributed by atoms with van der Waals surface area (Å²) in [5.41, 5.74) is 3.31. The molecule has 0 amide bonds. The van der Waals surface area contributed by atoms with Crippen molar-refractivity contribution in [3.63, 3.8) is 0 Å². The number of imidazole rings is 1. The monoisotopic (exact) mass is 278 g/mol. The first kappa shape index (κ1) is 13.6. The fourth-order valence-electron chi connectivity index (χ4n) is 2.39. The van der Waals surface area contributed by atoms with Gasteiger partial charge in [-0.25, -0.2) is 4.98 Å². The predicted molar refractivity (Wildman–Crippen MR) is 83.7 cm³/mol. The molecule has 0 aliphatic heterocycles. The van der Waals surface area contributed by atoms with Crippen LogP contribution in [0, 0.1) is 0 Å². The molecule has 3 aromatic rings. The van der Waals surface area contributed by atoms with Gasteiger partial charge in [-0.2, -0.15) is 0 Å². The van der Waals surface area contributed by atoms with Crippen LogP contribution in [0.1, 0.15) is 18.1 Å². The Bertz CT molecular complexity index is 660. The van der Waals surface area contributed by atoms with Gasteiger partial charge in [0.1, 0.15) is 0 Å². The molecule has 0 radical (unpaired) electrons. The van der Waals surface area contributed by atoms with Crippen molar-refractivity contribution in [2.24, 2.45) is 0 Å². The van der Waals surface area contributed by atoms with Gasteiger partial charge in [0.2, 0.25) is 0 Å². The number of hydrogen-bond donors (Lipinski definition) is 1. The van der Waals surface area contributed by atoms with Gasteiger partial charge in [0.05, 0.1) is 12.4 Å². The molecule has 0 spiro atoms. The van der Waals surface area contributed by atoms with Crippen LogP contribution in [-0.2, 0) is 6.54 Å². The molecule has 3 nitrogen and oxygen atoms in total. The van der Waals surface area contributed by atoms with E-state index in [1.807, 2.05) is 41.1 Å². The van der Waals surface area contributed by atoms with Crippen molar-refractivity contribution in [1.82, 2.24) is 9.55 Å². The van der Waals surface area contributed by atoms with Gasteiger partial charge in [0, 0.05) is 18.9 Å². The molecule has 0 saturated carbocycles. The van der Waals surface area contributed by atoms with Crippen LogP contribution in [0.15, 0.2) is 73.3 Å². The Kier molecular flexibility index (Phi) is 4.12. The summed E-state index contributed by atoms with van der Waals surface area (Å²) in [7, 11) is 0. The molecular formula is C18H18N2O. The third-order valence-electron chi connectivity index (χ3n) is 3.62. The van der Waals surface area contributed by atoms with Gasteiger partial charge in [-0.1, -0.05) is 54.6 Å². The number of rotatable bonds is 5. The number of aryl methyl sites for hydroxylation is 1. The van der Waals surface area contributed by atoms with Gasteiger partial charge < -0.3 is 9.67 Å². The van der Waals surface area contributed by atoms with Crippen LogP contribution in [0.25, 0.3) is 11.1 Å². The van der Waals surface area contributed by atoms with Crippen molar-refractivity contribution in [2.75, 3.05) is 0 Å². The fourth-order valence-corrected chi connectivity index (χ4v) is 2.39. The summed E-state index contributed by atoms with van der Waals surface area (Å²) in [5, 5.41) is 10.2. The van der Waals surface area contributed by atoms with E-state index in [1.54, 1.807) is 12.5 Å². The highest BCUT2D eigenvalue weighted by molar-refractivity contribution is 5.63. The van der Waals surface area contributed by atoms with E-state index >= 15 is 0 Å². The number of hydrogen-bond acceptors (Lipinski definition) is 2. The first-order valence-corrected chi connectivity index (χ1v) is 7.12. The second-order valence-electron chi connectivity index (χ2n) is 5.09. The van der Waals surface area contributed by atoms with Crippen molar-refractivity contribution < 1.29 is 5.11 Å². The van der Waals surface area contributed by atoms with Crippen LogP contribution >= 0.6 is 0 Å². The lowest BCUT2D eigenvalue weighted by atomic mass is 10.0. The van der Waals surface area contributed by atoms with Crippen LogP contribution in [0.2, 0.25) is 0 Å². The molecule has 106 valence electrons. The van der Waals surface area contributed by atoms with E-state index < -0.39 is 6.10 Å². The number of nitrogens with zero attached hydrogens (tertiary/aromatic N) is 2. The van der Waals surface area contributed by atoms with Gasteiger partial charge in [-0.3, -0.25) is 0 Å². The van der Waals surface area contributed by atoms with E-state index in [4.69, 9.17) is 0 Å². The zero-order valence-corrected chi connectivity index (χ0v) is 11.8. The second kappa shape index (κ2) is 6.37. The topological polar surface area (TPSA) is 38.0 Å². The Balaban J connectivity index is 1.66. The average molecular weight is 278 g/mol. The van der Waals surface area contributed by atoms with Gasteiger partial charge in [0.15, 0.2) is 0 Å². The third-order valence-corrected chi connectivity index (χ3v) is 3.62. The molecule has 0 bridgehead atoms. The lowest BCUT2D eigenvalue weighted by Crippen LogP contribution is -2.03. The highest BCUT2D eigenvalue weighted by Gasteiger charge is 2.08. The predicted octanol–water partition coefficient (Wildman–Crippen LogP) is 3.67. The minimum absolute atomic E-state index is 0.447.